The van der Waals surface area contributed by atoms with Gasteiger partial charge in [0.25, 0.3) is 0 Å². The molecule has 4 rings (SSSR count). The number of thiazole rings is 1. The average Bonchev–Trinajstić information content (AvgIpc) is 3.37. The van der Waals surface area contributed by atoms with E-state index in [1.54, 1.807) is 22.7 Å². The van der Waals surface area contributed by atoms with E-state index in [0.717, 1.165) is 49.5 Å². The molecule has 1 fully saturated rings. The van der Waals surface area contributed by atoms with E-state index in [9.17, 15) is 4.79 Å². The molecular formula is C23H26N2OS2. The number of aryl methyl sites for hydroxylation is 2. The first-order chi connectivity index (χ1) is 13.7. The number of piperidine rings is 1. The van der Waals surface area contributed by atoms with Crippen LogP contribution in [0.15, 0.2) is 47.8 Å². The van der Waals surface area contributed by atoms with Crippen molar-refractivity contribution < 1.29 is 4.79 Å². The molecule has 0 N–H and O–H groups in total. The quantitative estimate of drug-likeness (QED) is 0.530. The number of hydrogen-bond acceptors (Lipinski definition) is 4. The fourth-order valence-corrected chi connectivity index (χ4v) is 5.71. The highest BCUT2D eigenvalue weighted by Gasteiger charge is 2.23. The van der Waals surface area contributed by atoms with Crippen LogP contribution in [0.4, 0.5) is 0 Å². The first kappa shape index (κ1) is 19.3. The third-order valence-electron chi connectivity index (χ3n) is 5.46. The first-order valence-electron chi connectivity index (χ1n) is 10.0. The van der Waals surface area contributed by atoms with Crippen molar-refractivity contribution in [2.24, 2.45) is 5.92 Å². The lowest BCUT2D eigenvalue weighted by Crippen LogP contribution is -2.39. The zero-order chi connectivity index (χ0) is 19.3. The Morgan fingerprint density at radius 2 is 1.93 bits per heavy atom. The summed E-state index contributed by atoms with van der Waals surface area (Å²) >= 11 is 3.44. The van der Waals surface area contributed by atoms with Crippen LogP contribution < -0.4 is 0 Å². The Labute approximate surface area is 175 Å². The van der Waals surface area contributed by atoms with E-state index in [4.69, 9.17) is 4.98 Å². The van der Waals surface area contributed by atoms with Crippen molar-refractivity contribution >= 4 is 28.6 Å². The number of likely N-dealkylation sites (tertiary alicyclic amines) is 1. The van der Waals surface area contributed by atoms with Crippen LogP contribution in [-0.4, -0.2) is 28.9 Å². The fraction of sp³-hybridized carbons (Fsp3) is 0.391. The van der Waals surface area contributed by atoms with Crippen molar-refractivity contribution in [3.63, 3.8) is 0 Å². The molecule has 1 aliphatic heterocycles. The van der Waals surface area contributed by atoms with Gasteiger partial charge in [0.15, 0.2) is 0 Å². The summed E-state index contributed by atoms with van der Waals surface area (Å²) in [5, 5.41) is 3.16. The monoisotopic (exact) mass is 410 g/mol. The minimum absolute atomic E-state index is 0.293. The molecule has 1 saturated heterocycles. The highest BCUT2D eigenvalue weighted by Crippen LogP contribution is 2.32. The van der Waals surface area contributed by atoms with Gasteiger partial charge in [-0.05, 0) is 55.5 Å². The van der Waals surface area contributed by atoms with E-state index in [-0.39, 0.29) is 0 Å². The summed E-state index contributed by atoms with van der Waals surface area (Å²) < 4.78 is 0. The molecule has 2 aromatic heterocycles. The van der Waals surface area contributed by atoms with Gasteiger partial charge in [-0.25, -0.2) is 4.98 Å². The summed E-state index contributed by atoms with van der Waals surface area (Å²) in [7, 11) is 0. The predicted octanol–water partition coefficient (Wildman–Crippen LogP) is 5.59. The molecule has 1 aromatic carbocycles. The Hall–Kier alpha value is -1.98. The predicted molar refractivity (Wildman–Crippen MR) is 118 cm³/mol. The second-order valence-electron chi connectivity index (χ2n) is 7.50. The maximum atomic E-state index is 12.8. The van der Waals surface area contributed by atoms with Crippen molar-refractivity contribution in [3.05, 3.63) is 63.3 Å². The van der Waals surface area contributed by atoms with Gasteiger partial charge in [0, 0.05) is 24.4 Å². The molecule has 0 unspecified atom stereocenters. The second-order valence-corrected chi connectivity index (χ2v) is 9.73. The number of hydrogen-bond donors (Lipinski definition) is 0. The molecule has 28 heavy (non-hydrogen) atoms. The van der Waals surface area contributed by atoms with Crippen molar-refractivity contribution in [2.75, 3.05) is 13.1 Å². The largest absolute Gasteiger partial charge is 0.343 e. The van der Waals surface area contributed by atoms with Crippen molar-refractivity contribution in [2.45, 2.75) is 39.0 Å². The van der Waals surface area contributed by atoms with Crippen LogP contribution >= 0.6 is 22.7 Å². The molecule has 146 valence electrons. The van der Waals surface area contributed by atoms with Gasteiger partial charge in [-0.2, -0.15) is 0 Å². The lowest BCUT2D eigenvalue weighted by molar-refractivity contribution is -0.132. The van der Waals surface area contributed by atoms with E-state index < -0.39 is 0 Å². The van der Waals surface area contributed by atoms with E-state index in [1.807, 2.05) is 6.92 Å². The average molecular weight is 411 g/mol. The van der Waals surface area contributed by atoms with Crippen LogP contribution in [0, 0.1) is 12.8 Å². The van der Waals surface area contributed by atoms with E-state index in [0.29, 0.717) is 18.2 Å². The van der Waals surface area contributed by atoms with Crippen LogP contribution in [0.25, 0.3) is 10.6 Å². The van der Waals surface area contributed by atoms with E-state index in [1.165, 1.54) is 15.3 Å². The molecule has 0 saturated carbocycles. The first-order valence-corrected chi connectivity index (χ1v) is 11.7. The Kier molecular flexibility index (Phi) is 6.23. The molecule has 3 heterocycles. The topological polar surface area (TPSA) is 33.2 Å². The third kappa shape index (κ3) is 4.70. The normalized spacial score (nSPS) is 15.1. The van der Waals surface area contributed by atoms with Crippen LogP contribution in [0.2, 0.25) is 0 Å². The summed E-state index contributed by atoms with van der Waals surface area (Å²) in [6, 6.07) is 14.9. The summed E-state index contributed by atoms with van der Waals surface area (Å²) in [6.45, 7) is 3.84. The molecule has 1 aliphatic rings. The summed E-state index contributed by atoms with van der Waals surface area (Å²) in [5.74, 6) is 0.988. The molecule has 0 bridgehead atoms. The minimum atomic E-state index is 0.293. The number of benzene rings is 1. The van der Waals surface area contributed by atoms with Gasteiger partial charge in [-0.15, -0.1) is 22.7 Å². The molecule has 0 spiro atoms. The molecular weight excluding hydrogens is 384 g/mol. The van der Waals surface area contributed by atoms with Gasteiger partial charge >= 0.3 is 0 Å². The number of nitrogens with zero attached hydrogens (tertiary/aromatic N) is 2. The second kappa shape index (κ2) is 9.01. The molecule has 0 atom stereocenters. The van der Waals surface area contributed by atoms with Crippen LogP contribution in [0.3, 0.4) is 0 Å². The maximum absolute atomic E-state index is 12.8. The van der Waals surface area contributed by atoms with Crippen LogP contribution in [-0.2, 0) is 17.6 Å². The Bertz CT molecular complexity index is 894. The number of rotatable bonds is 6. The lowest BCUT2D eigenvalue weighted by atomic mass is 9.90. The molecule has 3 aromatic rings. The van der Waals surface area contributed by atoms with Crippen LogP contribution in [0.1, 0.15) is 34.7 Å². The zero-order valence-corrected chi connectivity index (χ0v) is 17.9. The zero-order valence-electron chi connectivity index (χ0n) is 16.3. The van der Waals surface area contributed by atoms with Gasteiger partial charge in [0.05, 0.1) is 15.6 Å². The fourth-order valence-electron chi connectivity index (χ4n) is 3.96. The van der Waals surface area contributed by atoms with Gasteiger partial charge < -0.3 is 4.90 Å². The highest BCUT2D eigenvalue weighted by molar-refractivity contribution is 7.15. The summed E-state index contributed by atoms with van der Waals surface area (Å²) in [6.07, 6.45) is 4.74. The van der Waals surface area contributed by atoms with Gasteiger partial charge in [0.2, 0.25) is 5.91 Å². The van der Waals surface area contributed by atoms with Gasteiger partial charge in [-0.3, -0.25) is 4.79 Å². The maximum Gasteiger partial charge on any atom is 0.222 e. The lowest BCUT2D eigenvalue weighted by Gasteiger charge is -2.32. The number of amides is 1. The van der Waals surface area contributed by atoms with Crippen molar-refractivity contribution in [1.29, 1.82) is 0 Å². The number of carbonyl (C=O) groups excluding carboxylic acids is 1. The van der Waals surface area contributed by atoms with Crippen molar-refractivity contribution in [3.8, 4) is 10.6 Å². The van der Waals surface area contributed by atoms with E-state index in [2.05, 4.69) is 52.7 Å². The SMILES string of the molecule is Cc1nc(-c2cccs2)c(CCC(=O)N2CCC(Cc3ccccc3)CC2)s1. The summed E-state index contributed by atoms with van der Waals surface area (Å²) in [5.41, 5.74) is 2.49. The standard InChI is InChI=1S/C23H26N2OS2/c1-17-24-23(20-8-5-15-27-20)21(28-17)9-10-22(26)25-13-11-19(12-14-25)16-18-6-3-2-4-7-18/h2-8,15,19H,9-14,16H2,1H3. The number of thiophene rings is 1. The molecule has 0 aliphatic carbocycles. The molecule has 5 heteroatoms. The summed E-state index contributed by atoms with van der Waals surface area (Å²) in [4.78, 5) is 22.0. The number of carbonyl (C=O) groups is 1. The smallest absolute Gasteiger partial charge is 0.222 e. The van der Waals surface area contributed by atoms with Crippen molar-refractivity contribution in [1.82, 2.24) is 9.88 Å². The molecule has 1 amide bonds. The van der Waals surface area contributed by atoms with Crippen LogP contribution in [0.5, 0.6) is 0 Å². The Balaban J connectivity index is 1.29. The number of aromatic nitrogens is 1. The third-order valence-corrected chi connectivity index (χ3v) is 7.37. The minimum Gasteiger partial charge on any atom is -0.343 e. The Morgan fingerprint density at radius 1 is 1.14 bits per heavy atom. The van der Waals surface area contributed by atoms with Gasteiger partial charge in [-0.1, -0.05) is 36.4 Å². The molecule has 0 radical (unpaired) electrons. The molecule has 3 nitrogen and oxygen atoms in total. The van der Waals surface area contributed by atoms with E-state index >= 15 is 0 Å². The highest BCUT2D eigenvalue weighted by atomic mass is 32.1. The van der Waals surface area contributed by atoms with Gasteiger partial charge in [0.1, 0.15) is 0 Å². The Morgan fingerprint density at radius 3 is 2.64 bits per heavy atom.